The van der Waals surface area contributed by atoms with Gasteiger partial charge >= 0.3 is 6.18 Å². The smallest absolute Gasteiger partial charge is 0.455 e. The Morgan fingerprint density at radius 1 is 1.00 bits per heavy atom. The number of carbonyl (C=O) groups excluding carboxylic acids is 1. The van der Waals surface area contributed by atoms with Crippen molar-refractivity contribution < 1.29 is 35.9 Å². The molecule has 27 heavy (non-hydrogen) atoms. The number of carbonyl (C=O) groups is 1. The molecule has 0 aliphatic heterocycles. The van der Waals surface area contributed by atoms with Gasteiger partial charge in [-0.15, -0.1) is 0 Å². The summed E-state index contributed by atoms with van der Waals surface area (Å²) in [5.41, 5.74) is -0.0228. The van der Waals surface area contributed by atoms with E-state index in [1.807, 2.05) is 0 Å². The Kier molecular flexibility index (Phi) is 5.94. The topological polar surface area (TPSA) is 69.7 Å². The van der Waals surface area contributed by atoms with Crippen molar-refractivity contribution in [3.05, 3.63) is 59.0 Å². The highest BCUT2D eigenvalue weighted by molar-refractivity contribution is 7.96. The number of sulfone groups is 1. The lowest BCUT2D eigenvalue weighted by Gasteiger charge is -2.13. The molecule has 0 atom stereocenters. The number of allylic oxidation sites excluding steroid dienone is 1. The van der Waals surface area contributed by atoms with Crippen molar-refractivity contribution in [3.63, 3.8) is 0 Å². The quantitative estimate of drug-likeness (QED) is 0.693. The average Bonchev–Trinajstić information content (AvgIpc) is 2.65. The van der Waals surface area contributed by atoms with E-state index >= 15 is 0 Å². The van der Waals surface area contributed by atoms with E-state index in [-0.39, 0.29) is 11.3 Å². The largest absolute Gasteiger partial charge is 0.497 e. The predicted octanol–water partition coefficient (Wildman–Crippen LogP) is 3.65. The Bertz CT molecular complexity index is 964. The number of benzene rings is 2. The summed E-state index contributed by atoms with van der Waals surface area (Å²) < 4.78 is 74.6. The number of halogens is 3. The van der Waals surface area contributed by atoms with Crippen LogP contribution in [0.1, 0.15) is 5.56 Å². The summed E-state index contributed by atoms with van der Waals surface area (Å²) in [6.07, 6.45) is -4.72. The van der Waals surface area contributed by atoms with Crippen LogP contribution in [-0.2, 0) is 14.6 Å². The van der Waals surface area contributed by atoms with Crippen LogP contribution >= 0.6 is 0 Å². The van der Waals surface area contributed by atoms with Crippen molar-refractivity contribution in [3.8, 4) is 11.5 Å². The van der Waals surface area contributed by atoms with Crippen molar-refractivity contribution >= 4 is 21.7 Å². The maximum absolute atomic E-state index is 13.0. The highest BCUT2D eigenvalue weighted by Crippen LogP contribution is 2.32. The molecule has 0 saturated carbocycles. The molecule has 0 amide bonds. The van der Waals surface area contributed by atoms with Crippen molar-refractivity contribution in [2.24, 2.45) is 0 Å². The van der Waals surface area contributed by atoms with Gasteiger partial charge in [0.05, 0.1) is 19.1 Å². The zero-order valence-corrected chi connectivity index (χ0v) is 15.1. The van der Waals surface area contributed by atoms with E-state index in [1.54, 1.807) is 0 Å². The number of ketones is 1. The van der Waals surface area contributed by atoms with Gasteiger partial charge in [-0.05, 0) is 30.3 Å². The third kappa shape index (κ3) is 4.48. The number of hydrogen-bond donors (Lipinski definition) is 0. The molecule has 0 fully saturated rings. The molecule has 0 aromatic heterocycles. The van der Waals surface area contributed by atoms with Crippen molar-refractivity contribution in [1.29, 1.82) is 0 Å². The zero-order chi connectivity index (χ0) is 20.2. The number of rotatable bonds is 6. The second-order valence-corrected chi connectivity index (χ2v) is 7.18. The van der Waals surface area contributed by atoms with E-state index in [1.165, 1.54) is 50.6 Å². The van der Waals surface area contributed by atoms with Crippen LogP contribution in [0.15, 0.2) is 58.3 Å². The van der Waals surface area contributed by atoms with Crippen LogP contribution in [0.4, 0.5) is 13.2 Å². The molecule has 0 saturated heterocycles. The second-order valence-electron chi connectivity index (χ2n) is 5.26. The molecule has 0 radical (unpaired) electrons. The Labute approximate surface area is 153 Å². The van der Waals surface area contributed by atoms with Gasteiger partial charge in [-0.2, -0.15) is 13.2 Å². The summed E-state index contributed by atoms with van der Waals surface area (Å²) in [7, 11) is -2.09. The molecule has 0 spiro atoms. The normalized spacial score (nSPS) is 12.6. The molecule has 144 valence electrons. The predicted molar refractivity (Wildman–Crippen MR) is 92.2 cm³/mol. The van der Waals surface area contributed by atoms with Crippen LogP contribution in [0.3, 0.4) is 0 Å². The van der Waals surface area contributed by atoms with E-state index in [4.69, 9.17) is 9.47 Å². The van der Waals surface area contributed by atoms with E-state index < -0.39 is 31.6 Å². The van der Waals surface area contributed by atoms with Crippen molar-refractivity contribution in [2.75, 3.05) is 14.2 Å². The molecule has 0 aliphatic carbocycles. The highest BCUT2D eigenvalue weighted by Gasteiger charge is 2.45. The summed E-state index contributed by atoms with van der Waals surface area (Å²) in [6.45, 7) is 0. The minimum atomic E-state index is -5.37. The van der Waals surface area contributed by atoms with Crippen LogP contribution in [0.2, 0.25) is 0 Å². The maximum atomic E-state index is 13.0. The van der Waals surface area contributed by atoms with Gasteiger partial charge in [-0.3, -0.25) is 4.79 Å². The van der Waals surface area contributed by atoms with Crippen LogP contribution in [0.5, 0.6) is 11.5 Å². The molecule has 2 aromatic carbocycles. The number of alkyl halides is 3. The van der Waals surface area contributed by atoms with Gasteiger partial charge in [0.15, 0.2) is 0 Å². The lowest BCUT2D eigenvalue weighted by molar-refractivity contribution is -0.165. The van der Waals surface area contributed by atoms with Gasteiger partial charge in [0.25, 0.3) is 5.78 Å². The molecular formula is C18H15F3O5S. The van der Waals surface area contributed by atoms with E-state index in [0.29, 0.717) is 11.8 Å². The fraction of sp³-hybridized carbons (Fsp3) is 0.167. The van der Waals surface area contributed by atoms with Crippen molar-refractivity contribution in [2.45, 2.75) is 11.1 Å². The SMILES string of the molecule is COc1ccc(C=C(C(=O)C(F)(F)F)S(=O)(=O)c2ccccc2)c(OC)c1. The first-order valence-electron chi connectivity index (χ1n) is 7.46. The highest BCUT2D eigenvalue weighted by atomic mass is 32.2. The van der Waals surface area contributed by atoms with Gasteiger partial charge in [0.2, 0.25) is 9.84 Å². The Balaban J connectivity index is 2.72. The third-order valence-corrected chi connectivity index (χ3v) is 5.33. The minimum Gasteiger partial charge on any atom is -0.497 e. The summed E-state index contributed by atoms with van der Waals surface area (Å²) in [4.78, 5) is 10.0. The first-order chi connectivity index (χ1) is 12.6. The minimum absolute atomic E-state index is 0.0228. The summed E-state index contributed by atoms with van der Waals surface area (Å²) >= 11 is 0. The molecule has 9 heteroatoms. The van der Waals surface area contributed by atoms with Crippen LogP contribution in [0, 0.1) is 0 Å². The summed E-state index contributed by atoms with van der Waals surface area (Å²) in [5.74, 6) is -2.08. The van der Waals surface area contributed by atoms with E-state index in [9.17, 15) is 26.4 Å². The molecule has 0 heterocycles. The molecule has 0 aliphatic rings. The van der Waals surface area contributed by atoms with Gasteiger partial charge in [0, 0.05) is 11.6 Å². The van der Waals surface area contributed by atoms with E-state index in [2.05, 4.69) is 0 Å². The van der Waals surface area contributed by atoms with Gasteiger partial charge in [-0.25, -0.2) is 8.42 Å². The first-order valence-corrected chi connectivity index (χ1v) is 8.95. The van der Waals surface area contributed by atoms with Crippen LogP contribution < -0.4 is 9.47 Å². The van der Waals surface area contributed by atoms with Gasteiger partial charge in [-0.1, -0.05) is 18.2 Å². The molecule has 0 N–H and O–H groups in total. The molecule has 5 nitrogen and oxygen atoms in total. The molecular weight excluding hydrogens is 385 g/mol. The lowest BCUT2D eigenvalue weighted by atomic mass is 10.1. The fourth-order valence-electron chi connectivity index (χ4n) is 2.21. The Morgan fingerprint density at radius 3 is 2.15 bits per heavy atom. The third-order valence-electron chi connectivity index (χ3n) is 3.55. The lowest BCUT2D eigenvalue weighted by Crippen LogP contribution is -2.28. The number of methoxy groups -OCH3 is 2. The van der Waals surface area contributed by atoms with Crippen LogP contribution in [0.25, 0.3) is 6.08 Å². The summed E-state index contributed by atoms with van der Waals surface area (Å²) in [5, 5.41) is 0. The second kappa shape index (κ2) is 7.83. The maximum Gasteiger partial charge on any atom is 0.455 e. The first kappa shape index (κ1) is 20.5. The zero-order valence-electron chi connectivity index (χ0n) is 14.3. The number of Topliss-reactive ketones (excluding diaryl/α,β-unsaturated/α-hetero) is 1. The fourth-order valence-corrected chi connectivity index (χ4v) is 3.62. The molecule has 2 rings (SSSR count). The van der Waals surface area contributed by atoms with Gasteiger partial charge in [0.1, 0.15) is 16.4 Å². The number of ether oxygens (including phenoxy) is 2. The molecule has 2 aromatic rings. The standard InChI is InChI=1S/C18H15F3O5S/c1-25-13-9-8-12(15(11-13)26-2)10-16(17(22)18(19,20)21)27(23,24)14-6-4-3-5-7-14/h3-11H,1-2H3. The number of hydrogen-bond acceptors (Lipinski definition) is 5. The average molecular weight is 400 g/mol. The van der Waals surface area contributed by atoms with Crippen LogP contribution in [-0.4, -0.2) is 34.6 Å². The monoisotopic (exact) mass is 400 g/mol. The Morgan fingerprint density at radius 2 is 1.63 bits per heavy atom. The Hall–Kier alpha value is -2.81. The summed E-state index contributed by atoms with van der Waals surface area (Å²) in [6, 6.07) is 10.5. The molecule has 0 unspecified atom stereocenters. The van der Waals surface area contributed by atoms with Crippen molar-refractivity contribution in [1.82, 2.24) is 0 Å². The molecule has 0 bridgehead atoms. The van der Waals surface area contributed by atoms with Gasteiger partial charge < -0.3 is 9.47 Å². The van der Waals surface area contributed by atoms with E-state index in [0.717, 1.165) is 12.1 Å².